The van der Waals surface area contributed by atoms with Crippen LogP contribution in [0.4, 0.5) is 14.6 Å². The Morgan fingerprint density at radius 3 is 0.932 bits per heavy atom. The Hall–Kier alpha value is 33.1. The van der Waals surface area contributed by atoms with Crippen LogP contribution in [0.25, 0.3) is 11.0 Å². The minimum Gasteiger partial charge on any atom is -0.506 e. The summed E-state index contributed by atoms with van der Waals surface area (Å²) < 4.78 is 40.7. The van der Waals surface area contributed by atoms with Crippen LogP contribution in [-0.2, 0) is 0 Å². The standard InChI is InChI=1S/C9H8FNO.C9H10N2O2.C7H4FNO.CH4.I52/c1-2-12-9-5-3-4-8(10)7(9)6-11;1-2-12-6-4-3-5-7-8(6)9(10)11-13-7;8-6-2-1-3-7(10)5(6)4-9;;1-28(2)30(5)32(7)34(9)36(11)38(13)40(15)42(17)44(19)46(21)48(23)50(25)52(27)51(26)49(24)47(22)45(20)43(18)41(16)39(14)37(12)35(10)33(8)31(6)29(3)4/h3-5H,2H2,1H3;3-5H,2H2,1H3,(H2,10,11);1-3,10H;1H4;. The summed E-state index contributed by atoms with van der Waals surface area (Å²) in [6.07, 6.45) is 0. The third kappa shape index (κ3) is 46.0. The van der Waals surface area contributed by atoms with Crippen LogP contribution >= 0.6 is 700 Å². The molecule has 0 fully saturated rings. The van der Waals surface area contributed by atoms with Gasteiger partial charge in [0.1, 0.15) is 57.5 Å². The number of benzene rings is 3. The van der Waals surface area contributed by atoms with Gasteiger partial charge in [0.15, 0.2) is 11.4 Å². The predicted molar refractivity (Wildman–Crippen MR) is 860 cm³/mol. The van der Waals surface area contributed by atoms with E-state index in [9.17, 15) is 8.78 Å². The third-order valence-corrected chi connectivity index (χ3v) is 3970. The molecular weight excluding hydrogens is 7070 g/mol. The number of hydrogen-bond donors (Lipinski definition) is 2. The zero-order valence-electron chi connectivity index (χ0n) is 38.6. The molecule has 0 aliphatic carbocycles. The number of aromatic hydroxyl groups is 1. The van der Waals surface area contributed by atoms with Gasteiger partial charge in [-0.3, -0.25) is 0 Å². The van der Waals surface area contributed by atoms with E-state index in [0.717, 1.165) is 17.2 Å². The Labute approximate surface area is 864 Å². The van der Waals surface area contributed by atoms with Crippen LogP contribution in [0.1, 0.15) is 32.4 Å². The molecular formula is C26H26F2I52N4O4. The molecule has 0 radical (unpaired) electrons. The first-order chi connectivity index (χ1) is 40.5. The van der Waals surface area contributed by atoms with Crippen molar-refractivity contribution in [3.05, 3.63) is 77.4 Å². The smallest absolute Gasteiger partial charge is 0.144 e. The monoisotopic (exact) mass is 7100 g/mol. The van der Waals surface area contributed by atoms with Gasteiger partial charge in [-0.25, -0.2) is 8.78 Å². The summed E-state index contributed by atoms with van der Waals surface area (Å²) in [6, 6.07) is 16.8. The summed E-state index contributed by atoms with van der Waals surface area (Å²) in [5.74, 6) is -0.147. The van der Waals surface area contributed by atoms with E-state index in [1.54, 1.807) is 25.1 Å². The molecule has 0 saturated carbocycles. The van der Waals surface area contributed by atoms with E-state index < -0.39 is 209 Å². The first kappa shape index (κ1) is 121. The molecule has 0 bridgehead atoms. The molecule has 0 spiro atoms. The fraction of sp³-hybridized carbons (Fsp3) is 0.192. The normalized spacial score (nSPS) is 14.9. The molecule has 8 nitrogen and oxygen atoms in total. The maximum absolute atomic E-state index is 12.9. The van der Waals surface area contributed by atoms with E-state index in [4.69, 9.17) is 35.4 Å². The van der Waals surface area contributed by atoms with E-state index in [2.05, 4.69) is 508 Å². The van der Waals surface area contributed by atoms with Crippen molar-refractivity contribution in [1.82, 2.24) is 5.16 Å². The van der Waals surface area contributed by atoms with Crippen LogP contribution in [0.5, 0.6) is 17.2 Å². The molecule has 4 rings (SSSR count). The Balaban J connectivity index is 0.00000164. The Kier molecular flexibility index (Phi) is 97.5. The summed E-state index contributed by atoms with van der Waals surface area (Å²) in [7, 11) is -13.5. The van der Waals surface area contributed by atoms with E-state index in [0.29, 0.717) is 30.4 Å². The van der Waals surface area contributed by atoms with Crippen molar-refractivity contribution >= 4 is 717 Å². The van der Waals surface area contributed by atoms with Crippen LogP contribution in [0.2, 0.25) is 0 Å². The van der Waals surface area contributed by atoms with Crippen molar-refractivity contribution in [2.75, 3.05) is 18.9 Å². The second kappa shape index (κ2) is 70.8. The van der Waals surface area contributed by atoms with Gasteiger partial charge in [-0.05, 0) is 50.2 Å². The summed E-state index contributed by atoms with van der Waals surface area (Å²) in [5, 5.41) is 30.0. The van der Waals surface area contributed by atoms with Crippen molar-refractivity contribution < 1.29 is 27.9 Å². The van der Waals surface area contributed by atoms with E-state index in [1.165, 1.54) is 30.3 Å². The zero-order chi connectivity index (χ0) is 67.2. The number of nitriles is 2. The van der Waals surface area contributed by atoms with Gasteiger partial charge in [0.2, 0.25) is 0 Å². The number of nitrogens with two attached hydrogens (primary N) is 1. The number of halogens is 54. The quantitative estimate of drug-likeness (QED) is 0.0536. The molecule has 0 unspecified atom stereocenters. The number of fused-ring (bicyclic) bond motifs is 1. The second-order valence-corrected chi connectivity index (χ2v) is 1230. The molecule has 4 aromatic rings. The number of hydrogen-bond acceptors (Lipinski definition) is 8. The fourth-order valence-electron chi connectivity index (χ4n) is 3.48. The largest absolute Gasteiger partial charge is 0.506 e. The molecule has 62 heteroatoms. The Morgan fingerprint density at radius 2 is 0.670 bits per heavy atom. The molecule has 0 saturated heterocycles. The molecule has 3 aromatic carbocycles. The van der Waals surface area contributed by atoms with Gasteiger partial charge in [-0.15, -0.1) is 0 Å². The summed E-state index contributed by atoms with van der Waals surface area (Å²) >= 11 is 88.4. The number of phenolic OH excluding ortho intramolecular Hbond substituents is 1. The first-order valence-electron chi connectivity index (χ1n) is 17.6. The van der Waals surface area contributed by atoms with Gasteiger partial charge in [0.05, 0.1) is 13.2 Å². The van der Waals surface area contributed by atoms with Gasteiger partial charge in [0.25, 0.3) is 0 Å². The predicted octanol–water partition coefficient (Wildman–Crippen LogP) is 52.0. The number of phenols is 1. The third-order valence-electron chi connectivity index (χ3n) is 6.24. The van der Waals surface area contributed by atoms with Crippen LogP contribution in [0.15, 0.2) is 59.1 Å². The fourth-order valence-corrected chi connectivity index (χ4v) is 9640. The number of anilines is 1. The van der Waals surface area contributed by atoms with Crippen molar-refractivity contribution in [1.29, 1.82) is 10.5 Å². The average Bonchev–Trinajstić information content (AvgIpc) is 3.65. The van der Waals surface area contributed by atoms with E-state index in [-0.39, 0.29) is 24.3 Å². The van der Waals surface area contributed by atoms with Crippen molar-refractivity contribution in [2.45, 2.75) is 21.3 Å². The molecule has 552 valence electrons. The Morgan fingerprint density at radius 1 is 0.420 bits per heavy atom. The van der Waals surface area contributed by atoms with Gasteiger partial charge >= 0.3 is 700 Å². The molecule has 1 heterocycles. The van der Waals surface area contributed by atoms with Crippen LogP contribution in [0.3, 0.4) is 0 Å². The van der Waals surface area contributed by atoms with Crippen molar-refractivity contribution in [3.8, 4) is 29.4 Å². The molecule has 0 amide bonds. The van der Waals surface area contributed by atoms with E-state index in [1.807, 2.05) is 19.1 Å². The van der Waals surface area contributed by atoms with Gasteiger partial charge < -0.3 is 24.8 Å². The van der Waals surface area contributed by atoms with Crippen molar-refractivity contribution in [3.63, 3.8) is 0 Å². The molecule has 0 aliphatic heterocycles. The van der Waals surface area contributed by atoms with Crippen LogP contribution in [0, 0.1) is 34.3 Å². The molecule has 88 heavy (non-hydrogen) atoms. The minimum atomic E-state index is -0.692. The maximum atomic E-state index is 12.9. The number of nitrogen functional groups attached to an aromatic ring is 1. The van der Waals surface area contributed by atoms with Crippen molar-refractivity contribution in [2.24, 2.45) is 0 Å². The van der Waals surface area contributed by atoms with Gasteiger partial charge in [0, 0.05) is 0 Å². The SMILES string of the molecule is C.CCOc1cccc(F)c1C#N.CCOc1cccc2onc(N)c12.II(I)I(I)I(I)I(I)I(I)I(I)I(I)I(I)I(I)I(I)I(I)I(I)I(I)I(I)I(I)I(I)I(I)I(I)I(I)I(I)I(I)I(I)I(I)I(I)I(I)I.N#Cc1c(O)cccc1F. The number of nitrogens with zero attached hydrogens (tertiary/aromatic N) is 3. The summed E-state index contributed by atoms with van der Waals surface area (Å²) in [4.78, 5) is 0. The number of aromatic nitrogens is 1. The molecule has 0 aliphatic rings. The maximum Gasteiger partial charge on any atom is 0.144 e. The summed E-state index contributed by atoms with van der Waals surface area (Å²) in [5.41, 5.74) is 5.95. The van der Waals surface area contributed by atoms with Crippen LogP contribution < -0.4 is 15.2 Å². The van der Waals surface area contributed by atoms with E-state index >= 15 is 0 Å². The molecule has 0 atom stereocenters. The minimum absolute atomic E-state index is 0. The first-order valence-corrected chi connectivity index (χ1v) is 338. The van der Waals surface area contributed by atoms with Gasteiger partial charge in [-0.2, -0.15) is 10.5 Å². The van der Waals surface area contributed by atoms with Crippen LogP contribution in [-0.4, -0.2) is 23.5 Å². The summed E-state index contributed by atoms with van der Waals surface area (Å²) in [6.45, 7) is 4.73. The number of ether oxygens (including phenoxy) is 2. The number of rotatable bonds is 28. The zero-order valence-corrected chi connectivity index (χ0v) is 151. The average molecular weight is 7100 g/mol. The van der Waals surface area contributed by atoms with Gasteiger partial charge in [-0.1, -0.05) is 30.8 Å². The topological polar surface area (TPSA) is 138 Å². The Bertz CT molecular complexity index is 2630. The molecule has 1 aromatic heterocycles. The molecule has 3 N–H and O–H groups in total. The second-order valence-electron chi connectivity index (χ2n) is 10.6.